The maximum Gasteiger partial charge on any atom is 0.235 e. The van der Waals surface area contributed by atoms with Crippen molar-refractivity contribution in [3.63, 3.8) is 0 Å². The molecule has 0 bridgehead atoms. The van der Waals surface area contributed by atoms with Gasteiger partial charge < -0.3 is 10.2 Å². The average Bonchev–Trinajstić information content (AvgIpc) is 2.85. The van der Waals surface area contributed by atoms with Gasteiger partial charge in [0.15, 0.2) is 4.34 Å². The molecule has 1 N–H and O–H groups in total. The van der Waals surface area contributed by atoms with Crippen LogP contribution in [0.1, 0.15) is 32.6 Å². The molecule has 3 rings (SSSR count). The number of carbonyl (C=O) groups excluding carboxylic acids is 1. The molecule has 1 saturated heterocycles. The van der Waals surface area contributed by atoms with E-state index in [1.165, 1.54) is 35.9 Å². The third-order valence-electron chi connectivity index (χ3n) is 4.03. The van der Waals surface area contributed by atoms with Crippen LogP contribution in [0.5, 0.6) is 0 Å². The number of carbonyl (C=O) groups is 1. The Hall–Kier alpha value is -1.31. The first kappa shape index (κ1) is 18.5. The van der Waals surface area contributed by atoms with E-state index in [0.29, 0.717) is 10.2 Å². The Kier molecular flexibility index (Phi) is 6.56. The number of rotatable bonds is 5. The summed E-state index contributed by atoms with van der Waals surface area (Å²) >= 11 is 8.91. The van der Waals surface area contributed by atoms with Gasteiger partial charge in [-0.15, -0.1) is 10.2 Å². The van der Waals surface area contributed by atoms with Crippen LogP contribution in [0.25, 0.3) is 0 Å². The van der Waals surface area contributed by atoms with E-state index in [2.05, 4.69) is 15.5 Å². The predicted octanol–water partition coefficient (Wildman–Crippen LogP) is 4.82. The normalized spacial score (nSPS) is 16.3. The largest absolute Gasteiger partial charge is 0.342 e. The van der Waals surface area contributed by atoms with Crippen LogP contribution >= 0.6 is 34.7 Å². The molecule has 2 heterocycles. The highest BCUT2D eigenvalue weighted by atomic mass is 35.5. The van der Waals surface area contributed by atoms with Crippen LogP contribution < -0.4 is 5.32 Å². The van der Waals surface area contributed by atoms with E-state index in [-0.39, 0.29) is 11.2 Å². The van der Waals surface area contributed by atoms with Crippen molar-refractivity contribution in [3.8, 4) is 0 Å². The number of nitrogens with zero attached hydrogens (tertiary/aromatic N) is 3. The van der Waals surface area contributed by atoms with Crippen molar-refractivity contribution in [3.05, 3.63) is 29.3 Å². The zero-order valence-corrected chi connectivity index (χ0v) is 16.5. The molecule has 1 fully saturated rings. The molecule has 0 spiro atoms. The Balaban J connectivity index is 1.57. The Morgan fingerprint density at radius 2 is 2.04 bits per heavy atom. The van der Waals surface area contributed by atoms with E-state index in [1.54, 1.807) is 0 Å². The molecule has 1 amide bonds. The van der Waals surface area contributed by atoms with E-state index in [9.17, 15) is 4.79 Å². The van der Waals surface area contributed by atoms with Crippen LogP contribution in [0.3, 0.4) is 0 Å². The topological polar surface area (TPSA) is 58.1 Å². The van der Waals surface area contributed by atoms with Gasteiger partial charge >= 0.3 is 0 Å². The summed E-state index contributed by atoms with van der Waals surface area (Å²) in [7, 11) is 0. The molecule has 0 radical (unpaired) electrons. The maximum atomic E-state index is 12.6. The lowest BCUT2D eigenvalue weighted by Gasteiger charge is -2.23. The van der Waals surface area contributed by atoms with Crippen LogP contribution in [0.15, 0.2) is 28.6 Å². The van der Waals surface area contributed by atoms with Crippen LogP contribution in [0.4, 0.5) is 10.8 Å². The Morgan fingerprint density at radius 3 is 2.76 bits per heavy atom. The van der Waals surface area contributed by atoms with Crippen molar-refractivity contribution in [2.45, 2.75) is 42.2 Å². The van der Waals surface area contributed by atoms with Crippen LogP contribution in [0.2, 0.25) is 5.02 Å². The molecule has 25 heavy (non-hydrogen) atoms. The SMILES string of the molecule is C[C@H](Sc1nnc(Nc2cccc(Cl)c2)s1)C(=O)N1CCCCCC1. The molecule has 2 aromatic rings. The Labute approximate surface area is 161 Å². The van der Waals surface area contributed by atoms with Gasteiger partial charge in [-0.3, -0.25) is 4.79 Å². The molecular formula is C17H21ClN4OS2. The smallest absolute Gasteiger partial charge is 0.235 e. The first-order chi connectivity index (χ1) is 12.1. The van der Waals surface area contributed by atoms with Gasteiger partial charge in [0.25, 0.3) is 0 Å². The molecule has 0 aliphatic carbocycles. The third-order valence-corrected chi connectivity index (χ3v) is 6.27. The monoisotopic (exact) mass is 396 g/mol. The van der Waals surface area contributed by atoms with Crippen LogP contribution in [-0.2, 0) is 4.79 Å². The van der Waals surface area contributed by atoms with E-state index >= 15 is 0 Å². The highest BCUT2D eigenvalue weighted by Crippen LogP contribution is 2.31. The quantitative estimate of drug-likeness (QED) is 0.734. The summed E-state index contributed by atoms with van der Waals surface area (Å²) in [6, 6.07) is 7.46. The fraction of sp³-hybridized carbons (Fsp3) is 0.471. The second-order valence-corrected chi connectivity index (χ2v) is 9.01. The summed E-state index contributed by atoms with van der Waals surface area (Å²) in [5.74, 6) is 0.200. The lowest BCUT2D eigenvalue weighted by Crippen LogP contribution is -2.37. The first-order valence-electron chi connectivity index (χ1n) is 8.43. The van der Waals surface area contributed by atoms with Crippen molar-refractivity contribution in [1.29, 1.82) is 0 Å². The second-order valence-electron chi connectivity index (χ2n) is 6.01. The zero-order valence-electron chi connectivity index (χ0n) is 14.1. The molecule has 0 unspecified atom stereocenters. The van der Waals surface area contributed by atoms with Gasteiger partial charge in [-0.1, -0.05) is 53.6 Å². The van der Waals surface area contributed by atoms with Crippen molar-refractivity contribution in [2.24, 2.45) is 0 Å². The van der Waals surface area contributed by atoms with Gasteiger partial charge in [0.2, 0.25) is 11.0 Å². The van der Waals surface area contributed by atoms with Gasteiger partial charge in [0, 0.05) is 23.8 Å². The summed E-state index contributed by atoms with van der Waals surface area (Å²) in [6.07, 6.45) is 4.66. The highest BCUT2D eigenvalue weighted by Gasteiger charge is 2.23. The number of benzene rings is 1. The lowest BCUT2D eigenvalue weighted by atomic mass is 10.2. The Bertz CT molecular complexity index is 716. The number of halogens is 1. The number of amides is 1. The molecule has 1 aliphatic heterocycles. The number of thioether (sulfide) groups is 1. The summed E-state index contributed by atoms with van der Waals surface area (Å²) in [6.45, 7) is 3.70. The maximum absolute atomic E-state index is 12.6. The molecule has 1 aliphatic rings. The molecule has 1 atom stereocenters. The number of likely N-dealkylation sites (tertiary alicyclic amines) is 1. The third kappa shape index (κ3) is 5.33. The first-order valence-corrected chi connectivity index (χ1v) is 10.5. The van der Waals surface area contributed by atoms with Gasteiger partial charge in [-0.2, -0.15) is 0 Å². The number of hydrogen-bond acceptors (Lipinski definition) is 6. The van der Waals surface area contributed by atoms with Gasteiger partial charge in [-0.25, -0.2) is 0 Å². The summed E-state index contributed by atoms with van der Waals surface area (Å²) < 4.78 is 0.792. The fourth-order valence-electron chi connectivity index (χ4n) is 2.75. The average molecular weight is 397 g/mol. The molecule has 1 aromatic carbocycles. The van der Waals surface area contributed by atoms with Crippen molar-refractivity contribution >= 4 is 51.4 Å². The summed E-state index contributed by atoms with van der Waals surface area (Å²) in [4.78, 5) is 14.6. The molecular weight excluding hydrogens is 376 g/mol. The molecule has 1 aromatic heterocycles. The van der Waals surface area contributed by atoms with Gasteiger partial charge in [0.05, 0.1) is 5.25 Å². The van der Waals surface area contributed by atoms with Gasteiger partial charge in [0.1, 0.15) is 0 Å². The number of nitrogens with one attached hydrogen (secondary N) is 1. The molecule has 134 valence electrons. The number of aromatic nitrogens is 2. The van der Waals surface area contributed by atoms with Crippen molar-refractivity contribution < 1.29 is 4.79 Å². The summed E-state index contributed by atoms with van der Waals surface area (Å²) in [5, 5.41) is 12.7. The molecule has 8 heteroatoms. The minimum absolute atomic E-state index is 0.148. The Morgan fingerprint density at radius 1 is 1.28 bits per heavy atom. The fourth-order valence-corrected chi connectivity index (χ4v) is 4.94. The van der Waals surface area contributed by atoms with E-state index in [4.69, 9.17) is 11.6 Å². The van der Waals surface area contributed by atoms with E-state index < -0.39 is 0 Å². The molecule has 0 saturated carbocycles. The minimum Gasteiger partial charge on any atom is -0.342 e. The molecule has 5 nitrogen and oxygen atoms in total. The standard InChI is InChI=1S/C17H21ClN4OS2/c1-12(15(23)22-9-4-2-3-5-10-22)24-17-21-20-16(25-17)19-14-8-6-7-13(18)11-14/h6-8,11-12H,2-5,9-10H2,1H3,(H,19,20)/t12-/m0/s1. The van der Waals surface area contributed by atoms with Crippen LogP contribution in [0, 0.1) is 0 Å². The number of anilines is 2. The highest BCUT2D eigenvalue weighted by molar-refractivity contribution is 8.02. The zero-order chi connectivity index (χ0) is 17.6. The second kappa shape index (κ2) is 8.87. The van der Waals surface area contributed by atoms with Gasteiger partial charge in [-0.05, 0) is 38.0 Å². The van der Waals surface area contributed by atoms with E-state index in [1.807, 2.05) is 36.1 Å². The van der Waals surface area contributed by atoms with Crippen molar-refractivity contribution in [2.75, 3.05) is 18.4 Å². The minimum atomic E-state index is -0.148. The number of hydrogen-bond donors (Lipinski definition) is 1. The predicted molar refractivity (Wildman–Crippen MR) is 105 cm³/mol. The summed E-state index contributed by atoms with van der Waals surface area (Å²) in [5.41, 5.74) is 0.869. The van der Waals surface area contributed by atoms with E-state index in [0.717, 1.165) is 36.0 Å². The van der Waals surface area contributed by atoms with Crippen molar-refractivity contribution in [1.82, 2.24) is 15.1 Å². The lowest BCUT2D eigenvalue weighted by molar-refractivity contribution is -0.130. The van der Waals surface area contributed by atoms with Crippen LogP contribution in [-0.4, -0.2) is 39.3 Å².